The summed E-state index contributed by atoms with van der Waals surface area (Å²) in [6, 6.07) is 24.8. The Bertz CT molecular complexity index is 956. The first kappa shape index (κ1) is 17.3. The molecule has 0 amide bonds. The van der Waals surface area contributed by atoms with Crippen LogP contribution in [0.3, 0.4) is 0 Å². The second-order valence-corrected chi connectivity index (χ2v) is 6.74. The molecule has 0 fully saturated rings. The topological polar surface area (TPSA) is 18.5 Å². The molecular weight excluding hydrogens is 332 g/mol. The van der Waals surface area contributed by atoms with Crippen LogP contribution in [0.25, 0.3) is 24.3 Å². The first-order valence-corrected chi connectivity index (χ1v) is 9.24. The van der Waals surface area contributed by atoms with E-state index in [0.29, 0.717) is 6.61 Å². The predicted molar refractivity (Wildman–Crippen MR) is 112 cm³/mol. The van der Waals surface area contributed by atoms with Crippen LogP contribution in [0.2, 0.25) is 0 Å². The fourth-order valence-corrected chi connectivity index (χ4v) is 3.27. The minimum atomic E-state index is 0.249. The predicted octanol–water partition coefficient (Wildman–Crippen LogP) is 6.45. The van der Waals surface area contributed by atoms with E-state index < -0.39 is 0 Å². The van der Waals surface area contributed by atoms with Gasteiger partial charge in [0.15, 0.2) is 5.75 Å². The normalized spacial score (nSPS) is 16.4. The van der Waals surface area contributed by atoms with Gasteiger partial charge in [-0.3, -0.25) is 0 Å². The van der Waals surface area contributed by atoms with Crippen molar-refractivity contribution < 1.29 is 9.78 Å². The van der Waals surface area contributed by atoms with E-state index in [2.05, 4.69) is 73.7 Å². The maximum Gasteiger partial charge on any atom is 0.173 e. The molecule has 0 spiro atoms. The second kappa shape index (κ2) is 8.07. The summed E-state index contributed by atoms with van der Waals surface area (Å²) in [5.41, 5.74) is 5.81. The lowest BCUT2D eigenvalue weighted by Gasteiger charge is -2.22. The number of hydrogen-bond donors (Lipinski definition) is 0. The molecule has 2 aliphatic rings. The zero-order valence-corrected chi connectivity index (χ0v) is 15.3. The third-order valence-corrected chi connectivity index (χ3v) is 4.76. The molecule has 2 bridgehead atoms. The average Bonchev–Trinajstić information content (AvgIpc) is 2.71. The fraction of sp³-hybridized carbons (Fsp3) is 0.120. The summed E-state index contributed by atoms with van der Waals surface area (Å²) >= 11 is 0. The van der Waals surface area contributed by atoms with E-state index in [1.54, 1.807) is 0 Å². The third kappa shape index (κ3) is 4.02. The van der Waals surface area contributed by atoms with Crippen molar-refractivity contribution in [2.24, 2.45) is 0 Å². The number of hydrogen-bond acceptors (Lipinski definition) is 2. The van der Waals surface area contributed by atoms with Crippen molar-refractivity contribution >= 4 is 24.3 Å². The molecule has 2 aliphatic heterocycles. The quantitative estimate of drug-likeness (QED) is 0.396. The smallest absolute Gasteiger partial charge is 0.173 e. The molecule has 0 aromatic heterocycles. The van der Waals surface area contributed by atoms with Crippen LogP contribution in [0, 0.1) is 0 Å². The molecule has 0 N–H and O–H groups in total. The lowest BCUT2D eigenvalue weighted by atomic mass is 9.90. The molecule has 3 aromatic rings. The minimum absolute atomic E-state index is 0.249. The Morgan fingerprint density at radius 1 is 0.704 bits per heavy atom. The van der Waals surface area contributed by atoms with Gasteiger partial charge < -0.3 is 4.89 Å². The van der Waals surface area contributed by atoms with Crippen molar-refractivity contribution in [2.75, 3.05) is 6.61 Å². The number of benzene rings is 3. The molecule has 1 unspecified atom stereocenters. The van der Waals surface area contributed by atoms with Gasteiger partial charge in [-0.2, -0.15) is 4.89 Å². The summed E-state index contributed by atoms with van der Waals surface area (Å²) in [5, 5.41) is 0. The Hall–Kier alpha value is -3.10. The van der Waals surface area contributed by atoms with Crippen molar-refractivity contribution in [1.82, 2.24) is 0 Å². The standard InChI is InChI=1S/C25H22O2/c1-19-18-26-27-25-17-16-22(19)23(14-12-20-8-4-2-5-9-20)24(25)15-13-21-10-6-3-7-11-21/h2-17,19H,18H2,1H3. The largest absolute Gasteiger partial charge is 0.337 e. The molecule has 134 valence electrons. The highest BCUT2D eigenvalue weighted by molar-refractivity contribution is 5.83. The molecule has 1 atom stereocenters. The second-order valence-electron chi connectivity index (χ2n) is 6.74. The third-order valence-electron chi connectivity index (χ3n) is 4.76. The molecule has 27 heavy (non-hydrogen) atoms. The molecule has 2 heterocycles. The van der Waals surface area contributed by atoms with E-state index >= 15 is 0 Å². The van der Waals surface area contributed by atoms with Gasteiger partial charge in [-0.05, 0) is 34.4 Å². The maximum absolute atomic E-state index is 5.60. The first-order valence-electron chi connectivity index (χ1n) is 9.24. The van der Waals surface area contributed by atoms with Crippen molar-refractivity contribution in [3.8, 4) is 5.75 Å². The van der Waals surface area contributed by atoms with Gasteiger partial charge in [-0.25, -0.2) is 0 Å². The van der Waals surface area contributed by atoms with Crippen LogP contribution in [-0.4, -0.2) is 6.61 Å². The highest BCUT2D eigenvalue weighted by Crippen LogP contribution is 2.35. The summed E-state index contributed by atoms with van der Waals surface area (Å²) in [6.45, 7) is 2.70. The monoisotopic (exact) mass is 354 g/mol. The Labute approximate surface area is 160 Å². The Morgan fingerprint density at radius 2 is 1.30 bits per heavy atom. The summed E-state index contributed by atoms with van der Waals surface area (Å²) in [7, 11) is 0. The van der Waals surface area contributed by atoms with Crippen LogP contribution >= 0.6 is 0 Å². The molecule has 0 saturated heterocycles. The van der Waals surface area contributed by atoms with Crippen LogP contribution in [-0.2, 0) is 4.89 Å². The summed E-state index contributed by atoms with van der Waals surface area (Å²) < 4.78 is 0. The first-order chi connectivity index (χ1) is 13.3. The zero-order chi connectivity index (χ0) is 18.5. The molecular formula is C25H22O2. The average molecular weight is 354 g/mol. The van der Waals surface area contributed by atoms with E-state index in [9.17, 15) is 0 Å². The summed E-state index contributed by atoms with van der Waals surface area (Å²) in [6.07, 6.45) is 8.56. The van der Waals surface area contributed by atoms with Crippen LogP contribution in [0.4, 0.5) is 0 Å². The van der Waals surface area contributed by atoms with Gasteiger partial charge >= 0.3 is 0 Å². The van der Waals surface area contributed by atoms with E-state index in [1.165, 1.54) is 16.7 Å². The van der Waals surface area contributed by atoms with E-state index in [0.717, 1.165) is 16.9 Å². The van der Waals surface area contributed by atoms with Gasteiger partial charge in [0.1, 0.15) is 6.61 Å². The van der Waals surface area contributed by atoms with Gasteiger partial charge in [0.05, 0.1) is 0 Å². The Kier molecular flexibility index (Phi) is 5.17. The summed E-state index contributed by atoms with van der Waals surface area (Å²) in [4.78, 5) is 11.0. The van der Waals surface area contributed by atoms with Gasteiger partial charge in [-0.1, -0.05) is 91.9 Å². The zero-order valence-electron chi connectivity index (χ0n) is 15.3. The van der Waals surface area contributed by atoms with Crippen molar-refractivity contribution in [3.05, 3.63) is 101 Å². The van der Waals surface area contributed by atoms with Crippen molar-refractivity contribution in [2.45, 2.75) is 12.8 Å². The molecule has 0 aliphatic carbocycles. The van der Waals surface area contributed by atoms with Crippen LogP contribution in [0.1, 0.15) is 40.7 Å². The van der Waals surface area contributed by atoms with E-state index in [1.807, 2.05) is 30.3 Å². The molecule has 0 saturated carbocycles. The molecule has 0 radical (unpaired) electrons. The van der Waals surface area contributed by atoms with Crippen LogP contribution in [0.5, 0.6) is 5.75 Å². The fourth-order valence-electron chi connectivity index (χ4n) is 3.27. The molecule has 2 heteroatoms. The van der Waals surface area contributed by atoms with Crippen LogP contribution in [0.15, 0.2) is 72.8 Å². The minimum Gasteiger partial charge on any atom is -0.337 e. The van der Waals surface area contributed by atoms with Gasteiger partial charge in [0.25, 0.3) is 0 Å². The molecule has 5 rings (SSSR count). The maximum atomic E-state index is 5.60. The van der Waals surface area contributed by atoms with Crippen molar-refractivity contribution in [3.63, 3.8) is 0 Å². The van der Waals surface area contributed by atoms with Gasteiger partial charge in [0.2, 0.25) is 0 Å². The Balaban J connectivity index is 1.80. The lowest BCUT2D eigenvalue weighted by molar-refractivity contribution is -0.211. The highest BCUT2D eigenvalue weighted by atomic mass is 17.2. The Morgan fingerprint density at radius 3 is 1.93 bits per heavy atom. The molecule has 3 aromatic carbocycles. The van der Waals surface area contributed by atoms with Crippen molar-refractivity contribution in [1.29, 1.82) is 0 Å². The molecule has 2 nitrogen and oxygen atoms in total. The number of fused-ring (bicyclic) bond motifs is 5. The van der Waals surface area contributed by atoms with E-state index in [-0.39, 0.29) is 5.92 Å². The summed E-state index contributed by atoms with van der Waals surface area (Å²) in [5.74, 6) is 0.990. The van der Waals surface area contributed by atoms with E-state index in [4.69, 9.17) is 9.78 Å². The van der Waals surface area contributed by atoms with Crippen LogP contribution < -0.4 is 4.89 Å². The lowest BCUT2D eigenvalue weighted by Crippen LogP contribution is -2.13. The highest BCUT2D eigenvalue weighted by Gasteiger charge is 2.19. The van der Waals surface area contributed by atoms with Gasteiger partial charge in [-0.15, -0.1) is 0 Å². The van der Waals surface area contributed by atoms with Gasteiger partial charge in [0, 0.05) is 11.5 Å². The number of rotatable bonds is 4. The SMILES string of the molecule is CC1COOc2ccc1c(C=Cc1ccccc1)c2C=Cc1ccccc1.